The summed E-state index contributed by atoms with van der Waals surface area (Å²) in [6.07, 6.45) is 6.09. The summed E-state index contributed by atoms with van der Waals surface area (Å²) in [6.45, 7) is 4.54. The van der Waals surface area contributed by atoms with Crippen molar-refractivity contribution in [2.45, 2.75) is 32.9 Å². The molecule has 2 aromatic rings. The molecular weight excluding hydrogens is 224 g/mol. The molecule has 3 heteroatoms. The number of rotatable bonds is 7. The Morgan fingerprint density at radius 1 is 1.17 bits per heavy atom. The maximum absolute atomic E-state index is 5.63. The van der Waals surface area contributed by atoms with Crippen LogP contribution in [0.1, 0.15) is 24.5 Å². The van der Waals surface area contributed by atoms with Gasteiger partial charge in [0.05, 0.1) is 12.8 Å². The quantitative estimate of drug-likeness (QED) is 0.700. The maximum Gasteiger partial charge on any atom is 0.0716 e. The van der Waals surface area contributed by atoms with E-state index < -0.39 is 0 Å². The lowest BCUT2D eigenvalue weighted by molar-refractivity contribution is 0.115. The Kier molecular flexibility index (Phi) is 4.97. The third kappa shape index (κ3) is 4.00. The summed E-state index contributed by atoms with van der Waals surface area (Å²) in [4.78, 5) is 0. The Balaban J connectivity index is 1.61. The van der Waals surface area contributed by atoms with Crippen molar-refractivity contribution in [3.8, 4) is 0 Å². The van der Waals surface area contributed by atoms with E-state index in [0.717, 1.165) is 26.0 Å². The van der Waals surface area contributed by atoms with Gasteiger partial charge in [-0.3, -0.25) is 4.68 Å². The summed E-state index contributed by atoms with van der Waals surface area (Å²) < 4.78 is 7.62. The fourth-order valence-electron chi connectivity index (χ4n) is 1.80. The third-order valence-electron chi connectivity index (χ3n) is 2.88. The summed E-state index contributed by atoms with van der Waals surface area (Å²) in [5.41, 5.74) is 2.52. The van der Waals surface area contributed by atoms with Crippen molar-refractivity contribution in [1.82, 2.24) is 9.78 Å². The average molecular weight is 244 g/mol. The van der Waals surface area contributed by atoms with Crippen molar-refractivity contribution in [2.75, 3.05) is 6.61 Å². The molecule has 0 spiro atoms. The standard InChI is InChI=1S/C15H20N2O/c1-2-14-11-16-17(12-14)9-6-10-18-13-15-7-4-3-5-8-15/h3-5,7-8,11-12H,2,6,9-10,13H2,1H3. The van der Waals surface area contributed by atoms with E-state index in [2.05, 4.69) is 30.4 Å². The zero-order chi connectivity index (χ0) is 12.6. The highest BCUT2D eigenvalue weighted by atomic mass is 16.5. The van der Waals surface area contributed by atoms with Gasteiger partial charge < -0.3 is 4.74 Å². The fourth-order valence-corrected chi connectivity index (χ4v) is 1.80. The molecule has 96 valence electrons. The number of aryl methyl sites for hydroxylation is 2. The van der Waals surface area contributed by atoms with Crippen LogP contribution in [-0.4, -0.2) is 16.4 Å². The largest absolute Gasteiger partial charge is 0.377 e. The Hall–Kier alpha value is -1.61. The van der Waals surface area contributed by atoms with Crippen molar-refractivity contribution < 1.29 is 4.74 Å². The molecule has 0 atom stereocenters. The van der Waals surface area contributed by atoms with Crippen LogP contribution in [0.4, 0.5) is 0 Å². The van der Waals surface area contributed by atoms with Gasteiger partial charge in [-0.2, -0.15) is 5.10 Å². The molecule has 0 saturated carbocycles. The molecule has 1 aromatic carbocycles. The molecule has 0 aliphatic rings. The van der Waals surface area contributed by atoms with Crippen molar-refractivity contribution in [2.24, 2.45) is 0 Å². The van der Waals surface area contributed by atoms with Gasteiger partial charge in [0.2, 0.25) is 0 Å². The van der Waals surface area contributed by atoms with Gasteiger partial charge in [-0.1, -0.05) is 37.3 Å². The Morgan fingerprint density at radius 2 is 2.00 bits per heavy atom. The summed E-state index contributed by atoms with van der Waals surface area (Å²) in [5.74, 6) is 0. The zero-order valence-electron chi connectivity index (χ0n) is 10.9. The Labute approximate surface area is 108 Å². The lowest BCUT2D eigenvalue weighted by Crippen LogP contribution is -2.03. The Bertz CT molecular complexity index is 451. The molecule has 0 saturated heterocycles. The second kappa shape index (κ2) is 6.97. The van der Waals surface area contributed by atoms with Crippen LogP contribution in [0, 0.1) is 0 Å². The molecule has 3 nitrogen and oxygen atoms in total. The molecule has 0 fully saturated rings. The first-order valence-electron chi connectivity index (χ1n) is 6.51. The number of hydrogen-bond acceptors (Lipinski definition) is 2. The van der Waals surface area contributed by atoms with Crippen molar-refractivity contribution in [3.05, 3.63) is 53.9 Å². The predicted octanol–water partition coefficient (Wildman–Crippen LogP) is 3.05. The van der Waals surface area contributed by atoms with Crippen molar-refractivity contribution in [1.29, 1.82) is 0 Å². The normalized spacial score (nSPS) is 10.7. The monoisotopic (exact) mass is 244 g/mol. The number of benzene rings is 1. The smallest absolute Gasteiger partial charge is 0.0716 e. The van der Waals surface area contributed by atoms with E-state index in [1.54, 1.807) is 0 Å². The van der Waals surface area contributed by atoms with E-state index in [1.165, 1.54) is 11.1 Å². The minimum absolute atomic E-state index is 0.695. The predicted molar refractivity (Wildman–Crippen MR) is 72.3 cm³/mol. The minimum atomic E-state index is 0.695. The summed E-state index contributed by atoms with van der Waals surface area (Å²) in [6, 6.07) is 10.3. The van der Waals surface area contributed by atoms with E-state index in [9.17, 15) is 0 Å². The highest BCUT2D eigenvalue weighted by molar-refractivity contribution is 5.13. The highest BCUT2D eigenvalue weighted by Gasteiger charge is 1.96. The topological polar surface area (TPSA) is 27.1 Å². The molecule has 2 rings (SSSR count). The van der Waals surface area contributed by atoms with Gasteiger partial charge in [-0.05, 0) is 24.0 Å². The average Bonchev–Trinajstić information content (AvgIpc) is 2.87. The molecule has 0 aliphatic carbocycles. The lowest BCUT2D eigenvalue weighted by Gasteiger charge is -2.04. The first-order chi connectivity index (χ1) is 8.88. The second-order valence-corrected chi connectivity index (χ2v) is 4.36. The number of nitrogens with zero attached hydrogens (tertiary/aromatic N) is 2. The van der Waals surface area contributed by atoms with E-state index in [-0.39, 0.29) is 0 Å². The third-order valence-corrected chi connectivity index (χ3v) is 2.88. The van der Waals surface area contributed by atoms with Gasteiger partial charge in [-0.15, -0.1) is 0 Å². The van der Waals surface area contributed by atoms with Gasteiger partial charge in [0.15, 0.2) is 0 Å². The first-order valence-corrected chi connectivity index (χ1v) is 6.51. The van der Waals surface area contributed by atoms with Crippen LogP contribution in [-0.2, 0) is 24.3 Å². The van der Waals surface area contributed by atoms with Crippen LogP contribution in [0.2, 0.25) is 0 Å². The zero-order valence-corrected chi connectivity index (χ0v) is 10.9. The van der Waals surface area contributed by atoms with Crippen LogP contribution in [0.3, 0.4) is 0 Å². The number of aromatic nitrogens is 2. The van der Waals surface area contributed by atoms with Gasteiger partial charge >= 0.3 is 0 Å². The SMILES string of the molecule is CCc1cnn(CCCOCc2ccccc2)c1. The molecule has 0 unspecified atom stereocenters. The number of hydrogen-bond donors (Lipinski definition) is 0. The van der Waals surface area contributed by atoms with Crippen LogP contribution < -0.4 is 0 Å². The molecule has 1 aromatic heterocycles. The van der Waals surface area contributed by atoms with Crippen LogP contribution in [0.25, 0.3) is 0 Å². The van der Waals surface area contributed by atoms with Crippen molar-refractivity contribution in [3.63, 3.8) is 0 Å². The molecule has 0 amide bonds. The highest BCUT2D eigenvalue weighted by Crippen LogP contribution is 2.02. The van der Waals surface area contributed by atoms with Crippen LogP contribution >= 0.6 is 0 Å². The van der Waals surface area contributed by atoms with Crippen molar-refractivity contribution >= 4 is 0 Å². The molecule has 0 radical (unpaired) electrons. The fraction of sp³-hybridized carbons (Fsp3) is 0.400. The summed E-state index contributed by atoms with van der Waals surface area (Å²) >= 11 is 0. The second-order valence-electron chi connectivity index (χ2n) is 4.36. The van der Waals surface area contributed by atoms with E-state index in [4.69, 9.17) is 4.74 Å². The molecule has 1 heterocycles. The van der Waals surface area contributed by atoms with Gasteiger partial charge in [0.1, 0.15) is 0 Å². The van der Waals surface area contributed by atoms with E-state index in [1.807, 2.05) is 29.1 Å². The Morgan fingerprint density at radius 3 is 2.72 bits per heavy atom. The number of ether oxygens (including phenoxy) is 1. The lowest BCUT2D eigenvalue weighted by atomic mass is 10.2. The van der Waals surface area contributed by atoms with E-state index >= 15 is 0 Å². The minimum Gasteiger partial charge on any atom is -0.377 e. The maximum atomic E-state index is 5.63. The molecule has 0 N–H and O–H groups in total. The van der Waals surface area contributed by atoms with Crippen LogP contribution in [0.15, 0.2) is 42.7 Å². The van der Waals surface area contributed by atoms with Gasteiger partial charge in [0.25, 0.3) is 0 Å². The summed E-state index contributed by atoms with van der Waals surface area (Å²) in [7, 11) is 0. The first kappa shape index (κ1) is 12.8. The van der Waals surface area contributed by atoms with Crippen LogP contribution in [0.5, 0.6) is 0 Å². The molecule has 18 heavy (non-hydrogen) atoms. The van der Waals surface area contributed by atoms with Gasteiger partial charge in [0, 0.05) is 19.3 Å². The molecular formula is C15H20N2O. The summed E-state index contributed by atoms with van der Waals surface area (Å²) in [5, 5.41) is 4.30. The molecule has 0 bridgehead atoms. The van der Waals surface area contributed by atoms with Gasteiger partial charge in [-0.25, -0.2) is 0 Å². The van der Waals surface area contributed by atoms with E-state index in [0.29, 0.717) is 6.61 Å². The molecule has 0 aliphatic heterocycles.